The van der Waals surface area contributed by atoms with Gasteiger partial charge in [0, 0.05) is 12.7 Å². The number of nitrogens with zero attached hydrogens (tertiary/aromatic N) is 2. The van der Waals surface area contributed by atoms with Crippen LogP contribution in [0.25, 0.3) is 0 Å². The van der Waals surface area contributed by atoms with E-state index in [1.54, 1.807) is 45.2 Å². The van der Waals surface area contributed by atoms with Crippen LogP contribution in [0.3, 0.4) is 0 Å². The number of anilines is 1. The zero-order valence-electron chi connectivity index (χ0n) is 13.9. The second-order valence-corrected chi connectivity index (χ2v) is 6.28. The van der Waals surface area contributed by atoms with E-state index >= 15 is 0 Å². The number of hydrogen-bond acceptors (Lipinski definition) is 5. The van der Waals surface area contributed by atoms with Crippen molar-refractivity contribution in [2.45, 2.75) is 13.8 Å². The summed E-state index contributed by atoms with van der Waals surface area (Å²) in [6.45, 7) is 3.86. The number of hydrogen-bond donors (Lipinski definition) is 2. The van der Waals surface area contributed by atoms with Crippen LogP contribution < -0.4 is 10.6 Å². The van der Waals surface area contributed by atoms with Crippen LogP contribution in [-0.4, -0.2) is 33.4 Å². The van der Waals surface area contributed by atoms with E-state index in [-0.39, 0.29) is 17.0 Å². The predicted octanol–water partition coefficient (Wildman–Crippen LogP) is 2.79. The molecule has 2 aromatic rings. The first-order valence-electron chi connectivity index (χ1n) is 7.42. The molecule has 1 heterocycles. The first kappa shape index (κ1) is 19.1. The molecule has 25 heavy (non-hydrogen) atoms. The third-order valence-corrected chi connectivity index (χ3v) is 4.40. The third kappa shape index (κ3) is 4.64. The predicted molar refractivity (Wildman–Crippen MR) is 102 cm³/mol. The third-order valence-electron chi connectivity index (χ3n) is 3.25. The summed E-state index contributed by atoms with van der Waals surface area (Å²) in [6.07, 6.45) is 0. The van der Waals surface area contributed by atoms with Gasteiger partial charge in [-0.25, -0.2) is 4.79 Å². The summed E-state index contributed by atoms with van der Waals surface area (Å²) in [5, 5.41) is 9.79. The molecule has 0 saturated heterocycles. The van der Waals surface area contributed by atoms with E-state index in [1.807, 2.05) is 0 Å². The minimum absolute atomic E-state index is 0.139. The lowest BCUT2D eigenvalue weighted by atomic mass is 10.2. The lowest BCUT2D eigenvalue weighted by molar-refractivity contribution is 0.0526. The van der Waals surface area contributed by atoms with Gasteiger partial charge in [-0.15, -0.1) is 0 Å². The Kier molecular flexibility index (Phi) is 6.27. The molecule has 2 rings (SSSR count). The molecular formula is C16H17BrN4O3S. The van der Waals surface area contributed by atoms with Crippen LogP contribution in [-0.2, 0) is 11.8 Å². The average molecular weight is 425 g/mol. The summed E-state index contributed by atoms with van der Waals surface area (Å²) in [7, 11) is 1.68. The molecule has 0 radical (unpaired) electrons. The van der Waals surface area contributed by atoms with Crippen molar-refractivity contribution in [2.24, 2.45) is 7.05 Å². The molecule has 2 N–H and O–H groups in total. The molecule has 1 aromatic heterocycles. The molecule has 0 aliphatic carbocycles. The monoisotopic (exact) mass is 424 g/mol. The maximum Gasteiger partial charge on any atom is 0.338 e. The molecule has 1 amide bonds. The number of benzene rings is 1. The van der Waals surface area contributed by atoms with Crippen molar-refractivity contribution in [3.05, 3.63) is 45.7 Å². The van der Waals surface area contributed by atoms with Crippen molar-refractivity contribution in [1.82, 2.24) is 15.1 Å². The molecule has 0 aliphatic heterocycles. The van der Waals surface area contributed by atoms with E-state index in [1.165, 1.54) is 4.68 Å². The number of aryl methyl sites for hydroxylation is 2. The lowest BCUT2D eigenvalue weighted by Gasteiger charge is -2.10. The number of nitrogens with one attached hydrogen (secondary N) is 2. The number of carbonyl (C=O) groups is 2. The number of aromatic nitrogens is 2. The Hall–Kier alpha value is -2.26. The average Bonchev–Trinajstić information content (AvgIpc) is 2.80. The fraction of sp³-hybridized carbons (Fsp3) is 0.250. The van der Waals surface area contributed by atoms with Gasteiger partial charge in [0.25, 0.3) is 5.91 Å². The Morgan fingerprint density at radius 2 is 1.96 bits per heavy atom. The molecule has 0 spiro atoms. The van der Waals surface area contributed by atoms with E-state index < -0.39 is 0 Å². The number of esters is 1. The van der Waals surface area contributed by atoms with Crippen molar-refractivity contribution < 1.29 is 14.3 Å². The molecule has 0 saturated carbocycles. The zero-order chi connectivity index (χ0) is 18.6. The maximum absolute atomic E-state index is 12.3. The highest BCUT2D eigenvalue weighted by molar-refractivity contribution is 9.10. The van der Waals surface area contributed by atoms with Gasteiger partial charge in [-0.1, -0.05) is 0 Å². The van der Waals surface area contributed by atoms with Crippen LogP contribution in [0.4, 0.5) is 5.69 Å². The molecule has 0 atom stereocenters. The smallest absolute Gasteiger partial charge is 0.338 e. The van der Waals surface area contributed by atoms with Crippen LogP contribution in [0.15, 0.2) is 28.7 Å². The fourth-order valence-corrected chi connectivity index (χ4v) is 2.83. The topological polar surface area (TPSA) is 85.2 Å². The van der Waals surface area contributed by atoms with Gasteiger partial charge in [-0.3, -0.25) is 14.8 Å². The Bertz CT molecular complexity index is 818. The van der Waals surface area contributed by atoms with Gasteiger partial charge in [0.1, 0.15) is 5.69 Å². The molecule has 132 valence electrons. The van der Waals surface area contributed by atoms with E-state index in [0.717, 1.165) is 0 Å². The van der Waals surface area contributed by atoms with Crippen LogP contribution in [0, 0.1) is 6.92 Å². The number of carbonyl (C=O) groups excluding carboxylic acids is 2. The molecule has 0 unspecified atom stereocenters. The Balaban J connectivity index is 2.00. The highest BCUT2D eigenvalue weighted by atomic mass is 79.9. The zero-order valence-corrected chi connectivity index (χ0v) is 16.3. The largest absolute Gasteiger partial charge is 0.462 e. The Morgan fingerprint density at radius 1 is 1.32 bits per heavy atom. The first-order valence-corrected chi connectivity index (χ1v) is 8.62. The number of ether oxygens (including phenoxy) is 1. The van der Waals surface area contributed by atoms with Gasteiger partial charge in [-0.2, -0.15) is 5.10 Å². The SMILES string of the molecule is CCOC(=O)c1ccc(NC(=S)NC(=O)c2c(Br)c(C)nn2C)cc1. The second kappa shape index (κ2) is 8.21. The van der Waals surface area contributed by atoms with Crippen LogP contribution in [0.2, 0.25) is 0 Å². The second-order valence-electron chi connectivity index (χ2n) is 5.08. The lowest BCUT2D eigenvalue weighted by Crippen LogP contribution is -2.35. The molecule has 9 heteroatoms. The minimum Gasteiger partial charge on any atom is -0.462 e. The Labute approximate surface area is 158 Å². The summed E-state index contributed by atoms with van der Waals surface area (Å²) < 4.78 is 7.02. The maximum atomic E-state index is 12.3. The van der Waals surface area contributed by atoms with Crippen molar-refractivity contribution >= 4 is 50.8 Å². The van der Waals surface area contributed by atoms with Crippen LogP contribution >= 0.6 is 28.1 Å². The number of halogens is 1. The summed E-state index contributed by atoms with van der Waals surface area (Å²) >= 11 is 8.49. The van der Waals surface area contributed by atoms with Crippen LogP contribution in [0.5, 0.6) is 0 Å². The van der Waals surface area contributed by atoms with Gasteiger partial charge in [-0.05, 0) is 66.3 Å². The fourth-order valence-electron chi connectivity index (χ4n) is 2.11. The van der Waals surface area contributed by atoms with Gasteiger partial charge in [0.2, 0.25) is 0 Å². The normalized spacial score (nSPS) is 10.2. The molecule has 7 nitrogen and oxygen atoms in total. The molecule has 1 aromatic carbocycles. The van der Waals surface area contributed by atoms with Crippen molar-refractivity contribution in [2.75, 3.05) is 11.9 Å². The summed E-state index contributed by atoms with van der Waals surface area (Å²) in [6, 6.07) is 6.58. The van der Waals surface area contributed by atoms with Gasteiger partial charge in [0.05, 0.1) is 22.3 Å². The van der Waals surface area contributed by atoms with Crippen LogP contribution in [0.1, 0.15) is 33.5 Å². The first-order chi connectivity index (χ1) is 11.8. The van der Waals surface area contributed by atoms with Crippen molar-refractivity contribution in [3.63, 3.8) is 0 Å². The standard InChI is InChI=1S/C16H17BrN4O3S/c1-4-24-15(23)10-5-7-11(8-6-10)18-16(25)19-14(22)13-12(17)9(2)20-21(13)3/h5-8H,4H2,1-3H3,(H2,18,19,22,25). The highest BCUT2D eigenvalue weighted by Crippen LogP contribution is 2.20. The van der Waals surface area contributed by atoms with Gasteiger partial charge < -0.3 is 10.1 Å². The summed E-state index contributed by atoms with van der Waals surface area (Å²) in [5.41, 5.74) is 2.16. The minimum atomic E-state index is -0.388. The number of amides is 1. The number of thiocarbonyl (C=S) groups is 1. The molecule has 0 fully saturated rings. The molecular weight excluding hydrogens is 408 g/mol. The van der Waals surface area contributed by atoms with Gasteiger partial charge in [0.15, 0.2) is 5.11 Å². The van der Waals surface area contributed by atoms with Crippen molar-refractivity contribution in [1.29, 1.82) is 0 Å². The van der Waals surface area contributed by atoms with Gasteiger partial charge >= 0.3 is 5.97 Å². The van der Waals surface area contributed by atoms with E-state index in [9.17, 15) is 9.59 Å². The van der Waals surface area contributed by atoms with Crippen molar-refractivity contribution in [3.8, 4) is 0 Å². The summed E-state index contributed by atoms with van der Waals surface area (Å²) in [5.74, 6) is -0.767. The van der Waals surface area contributed by atoms with E-state index in [4.69, 9.17) is 17.0 Å². The van der Waals surface area contributed by atoms with E-state index in [2.05, 4.69) is 31.7 Å². The number of rotatable bonds is 4. The molecule has 0 aliphatic rings. The Morgan fingerprint density at radius 3 is 2.48 bits per heavy atom. The summed E-state index contributed by atoms with van der Waals surface area (Å²) in [4.78, 5) is 23.9. The molecule has 0 bridgehead atoms. The quantitative estimate of drug-likeness (QED) is 0.579. The van der Waals surface area contributed by atoms with E-state index in [0.29, 0.717) is 33.7 Å². The highest BCUT2D eigenvalue weighted by Gasteiger charge is 2.19.